The highest BCUT2D eigenvalue weighted by Gasteiger charge is 2.31. The Bertz CT molecular complexity index is 880. The summed E-state index contributed by atoms with van der Waals surface area (Å²) in [6.45, 7) is 2.76. The van der Waals surface area contributed by atoms with Crippen molar-refractivity contribution in [3.05, 3.63) is 59.9 Å². The van der Waals surface area contributed by atoms with Crippen LogP contribution in [0.3, 0.4) is 0 Å². The van der Waals surface area contributed by atoms with Crippen LogP contribution in [-0.2, 0) is 27.4 Å². The normalized spacial score (nSPS) is 20.1. The lowest BCUT2D eigenvalue weighted by Crippen LogP contribution is -2.42. The van der Waals surface area contributed by atoms with Gasteiger partial charge in [0.2, 0.25) is 0 Å². The van der Waals surface area contributed by atoms with Crippen LogP contribution >= 0.6 is 0 Å². The van der Waals surface area contributed by atoms with Gasteiger partial charge in [0.15, 0.2) is 23.0 Å². The molecule has 2 aromatic carbocycles. The Labute approximate surface area is 183 Å². The molecule has 0 saturated carbocycles. The van der Waals surface area contributed by atoms with Crippen LogP contribution in [0.25, 0.3) is 0 Å². The monoisotopic (exact) mass is 430 g/mol. The fraction of sp³-hybridized carbons (Fsp3) is 0.417. The van der Waals surface area contributed by atoms with Crippen LogP contribution in [-0.4, -0.2) is 46.8 Å². The highest BCUT2D eigenvalue weighted by atomic mass is 16.6. The summed E-state index contributed by atoms with van der Waals surface area (Å²) in [5, 5.41) is 0. The van der Waals surface area contributed by atoms with Crippen molar-refractivity contribution in [3.8, 4) is 23.0 Å². The Hall–Kier alpha value is -2.90. The predicted molar refractivity (Wildman–Crippen MR) is 116 cm³/mol. The molecule has 0 spiro atoms. The predicted octanol–water partition coefficient (Wildman–Crippen LogP) is 4.12. The minimum Gasteiger partial charge on any atom is -0.496 e. The molecule has 2 aromatic rings. The van der Waals surface area contributed by atoms with E-state index in [1.165, 1.54) is 0 Å². The lowest BCUT2D eigenvalue weighted by atomic mass is 10.1. The first-order valence-corrected chi connectivity index (χ1v) is 10.1. The minimum atomic E-state index is -0.266. The average molecular weight is 430 g/mol. The number of methoxy groups -OCH3 is 4. The fourth-order valence-electron chi connectivity index (χ4n) is 3.41. The summed E-state index contributed by atoms with van der Waals surface area (Å²) < 4.78 is 39.3. The molecular weight excluding hydrogens is 400 g/mol. The Balaban J connectivity index is 1.65. The van der Waals surface area contributed by atoms with Gasteiger partial charge in [0.25, 0.3) is 0 Å². The van der Waals surface area contributed by atoms with Gasteiger partial charge < -0.3 is 33.2 Å². The van der Waals surface area contributed by atoms with Crippen LogP contribution in [0.1, 0.15) is 18.1 Å². The molecule has 1 aliphatic rings. The van der Waals surface area contributed by atoms with Gasteiger partial charge in [-0.1, -0.05) is 12.1 Å². The molecule has 0 fully saturated rings. The molecule has 0 radical (unpaired) electrons. The van der Waals surface area contributed by atoms with Crippen molar-refractivity contribution in [2.75, 3.05) is 28.4 Å². The van der Waals surface area contributed by atoms with Gasteiger partial charge in [0.1, 0.15) is 18.3 Å². The molecule has 1 aliphatic heterocycles. The van der Waals surface area contributed by atoms with E-state index < -0.39 is 0 Å². The highest BCUT2D eigenvalue weighted by Crippen LogP contribution is 2.30. The third-order valence-corrected chi connectivity index (χ3v) is 5.13. The van der Waals surface area contributed by atoms with E-state index in [4.69, 9.17) is 33.2 Å². The van der Waals surface area contributed by atoms with Gasteiger partial charge in [-0.05, 0) is 48.4 Å². The van der Waals surface area contributed by atoms with Crippen molar-refractivity contribution < 1.29 is 33.2 Å². The van der Waals surface area contributed by atoms with Crippen LogP contribution < -0.4 is 18.9 Å². The number of rotatable bonds is 10. The lowest BCUT2D eigenvalue weighted by molar-refractivity contribution is -0.125. The second-order valence-electron chi connectivity index (χ2n) is 7.10. The lowest BCUT2D eigenvalue weighted by Gasteiger charge is -2.33. The van der Waals surface area contributed by atoms with Gasteiger partial charge in [0.05, 0.1) is 47.9 Å². The van der Waals surface area contributed by atoms with Crippen LogP contribution in [0.15, 0.2) is 48.7 Å². The number of hydrogen-bond acceptors (Lipinski definition) is 7. The van der Waals surface area contributed by atoms with E-state index in [9.17, 15) is 0 Å². The quantitative estimate of drug-likeness (QED) is 0.562. The maximum absolute atomic E-state index is 6.19. The molecule has 0 saturated heterocycles. The maximum Gasteiger partial charge on any atom is 0.161 e. The number of hydrogen-bond donors (Lipinski definition) is 0. The SMILES string of the molecule is COc1ccc(CO[C@@H]2[C@@H](C)OC=C[C@H]2OCc2ccc(OC)c(OC)c2)cc1OC. The van der Waals surface area contributed by atoms with E-state index in [1.807, 2.05) is 49.4 Å². The van der Waals surface area contributed by atoms with Gasteiger partial charge in [-0.3, -0.25) is 0 Å². The molecule has 7 nitrogen and oxygen atoms in total. The molecule has 0 N–H and O–H groups in total. The minimum absolute atomic E-state index is 0.152. The molecule has 0 unspecified atom stereocenters. The van der Waals surface area contributed by atoms with Gasteiger partial charge in [-0.15, -0.1) is 0 Å². The number of benzene rings is 2. The van der Waals surface area contributed by atoms with E-state index in [0.717, 1.165) is 11.1 Å². The van der Waals surface area contributed by atoms with Gasteiger partial charge in [-0.25, -0.2) is 0 Å². The molecule has 0 bridgehead atoms. The zero-order chi connectivity index (χ0) is 22.2. The Kier molecular flexibility index (Phi) is 8.03. The second-order valence-corrected chi connectivity index (χ2v) is 7.10. The molecule has 0 aromatic heterocycles. The first kappa shape index (κ1) is 22.8. The van der Waals surface area contributed by atoms with E-state index in [0.29, 0.717) is 36.2 Å². The third-order valence-electron chi connectivity index (χ3n) is 5.13. The van der Waals surface area contributed by atoms with Crippen molar-refractivity contribution in [1.82, 2.24) is 0 Å². The topological polar surface area (TPSA) is 64.6 Å². The summed E-state index contributed by atoms with van der Waals surface area (Å²) in [6, 6.07) is 11.4. The third kappa shape index (κ3) is 5.62. The molecule has 3 atom stereocenters. The second kappa shape index (κ2) is 10.9. The first-order chi connectivity index (χ1) is 15.1. The van der Waals surface area contributed by atoms with Crippen molar-refractivity contribution >= 4 is 0 Å². The van der Waals surface area contributed by atoms with E-state index in [2.05, 4.69) is 0 Å². The van der Waals surface area contributed by atoms with Gasteiger partial charge >= 0.3 is 0 Å². The summed E-state index contributed by atoms with van der Waals surface area (Å²) in [4.78, 5) is 0. The standard InChI is InChI=1S/C24H30O7/c1-16-24(31-15-18-7-9-20(26-3)23(13-18)28-5)21(10-11-29-16)30-14-17-6-8-19(25-2)22(12-17)27-4/h6-13,16,21,24H,14-15H2,1-5H3/t16-,21-,24-/m1/s1. The molecule has 7 heteroatoms. The van der Waals surface area contributed by atoms with Crippen LogP contribution in [0.5, 0.6) is 23.0 Å². The molecule has 0 aliphatic carbocycles. The van der Waals surface area contributed by atoms with Crippen molar-refractivity contribution in [2.24, 2.45) is 0 Å². The summed E-state index contributed by atoms with van der Waals surface area (Å²) in [5.41, 5.74) is 1.95. The largest absolute Gasteiger partial charge is 0.496 e. The van der Waals surface area contributed by atoms with E-state index >= 15 is 0 Å². The summed E-state index contributed by atoms with van der Waals surface area (Å²) in [6.07, 6.45) is 2.87. The highest BCUT2D eigenvalue weighted by molar-refractivity contribution is 5.43. The zero-order valence-electron chi connectivity index (χ0n) is 18.6. The number of ether oxygens (including phenoxy) is 7. The Morgan fingerprint density at radius 1 is 0.710 bits per heavy atom. The van der Waals surface area contributed by atoms with Crippen molar-refractivity contribution in [2.45, 2.75) is 38.4 Å². The molecule has 168 valence electrons. The van der Waals surface area contributed by atoms with Crippen molar-refractivity contribution in [3.63, 3.8) is 0 Å². The van der Waals surface area contributed by atoms with Crippen LogP contribution in [0.2, 0.25) is 0 Å². The summed E-state index contributed by atoms with van der Waals surface area (Å²) in [5.74, 6) is 2.69. The molecule has 31 heavy (non-hydrogen) atoms. The molecular formula is C24H30O7. The van der Waals surface area contributed by atoms with Gasteiger partial charge in [-0.2, -0.15) is 0 Å². The van der Waals surface area contributed by atoms with Crippen molar-refractivity contribution in [1.29, 1.82) is 0 Å². The Morgan fingerprint density at radius 2 is 1.23 bits per heavy atom. The van der Waals surface area contributed by atoms with E-state index in [-0.39, 0.29) is 18.3 Å². The maximum atomic E-state index is 6.19. The summed E-state index contributed by atoms with van der Waals surface area (Å²) in [7, 11) is 6.45. The fourth-order valence-corrected chi connectivity index (χ4v) is 3.41. The molecule has 3 rings (SSSR count). The zero-order valence-corrected chi connectivity index (χ0v) is 18.6. The summed E-state index contributed by atoms with van der Waals surface area (Å²) >= 11 is 0. The van der Waals surface area contributed by atoms with E-state index in [1.54, 1.807) is 34.7 Å². The van der Waals surface area contributed by atoms with Crippen LogP contribution in [0.4, 0.5) is 0 Å². The van der Waals surface area contributed by atoms with Gasteiger partial charge in [0, 0.05) is 0 Å². The first-order valence-electron chi connectivity index (χ1n) is 10.1. The Morgan fingerprint density at radius 3 is 1.74 bits per heavy atom. The molecule has 1 heterocycles. The van der Waals surface area contributed by atoms with Crippen LogP contribution in [0, 0.1) is 0 Å². The smallest absolute Gasteiger partial charge is 0.161 e. The average Bonchev–Trinajstić information content (AvgIpc) is 2.81. The molecule has 0 amide bonds.